The van der Waals surface area contributed by atoms with Crippen LogP contribution in [0.5, 0.6) is 0 Å². The summed E-state index contributed by atoms with van der Waals surface area (Å²) in [6.07, 6.45) is 2.31. The van der Waals surface area contributed by atoms with Crippen molar-refractivity contribution in [3.63, 3.8) is 0 Å². The number of carbonyl (C=O) groups excluding carboxylic acids is 1. The fraction of sp³-hybridized carbons (Fsp3) is 0.462. The van der Waals surface area contributed by atoms with Crippen LogP contribution in [-0.4, -0.2) is 19.5 Å². The van der Waals surface area contributed by atoms with Crippen molar-refractivity contribution in [2.75, 3.05) is 18.9 Å². The topological polar surface area (TPSA) is 41.1 Å². The SMILES string of the molecule is CCCCNc1cc(C(=O)NC)ccc1C. The Morgan fingerprint density at radius 1 is 1.38 bits per heavy atom. The molecule has 0 heterocycles. The molecular formula is C13H20N2O. The Labute approximate surface area is 97.2 Å². The monoisotopic (exact) mass is 220 g/mol. The second kappa shape index (κ2) is 6.16. The lowest BCUT2D eigenvalue weighted by Crippen LogP contribution is -2.18. The normalized spacial score (nSPS) is 9.94. The average Bonchev–Trinajstić information content (AvgIpc) is 2.31. The molecule has 2 N–H and O–H groups in total. The molecule has 1 aromatic carbocycles. The smallest absolute Gasteiger partial charge is 0.251 e. The summed E-state index contributed by atoms with van der Waals surface area (Å²) in [7, 11) is 1.65. The first-order valence-electron chi connectivity index (χ1n) is 5.75. The number of unbranched alkanes of at least 4 members (excludes halogenated alkanes) is 1. The van der Waals surface area contributed by atoms with Gasteiger partial charge in [0.15, 0.2) is 0 Å². The van der Waals surface area contributed by atoms with Gasteiger partial charge in [-0.2, -0.15) is 0 Å². The zero-order chi connectivity index (χ0) is 12.0. The third kappa shape index (κ3) is 3.26. The molecule has 0 atom stereocenters. The molecule has 0 aromatic heterocycles. The van der Waals surface area contributed by atoms with E-state index in [0.717, 1.165) is 18.7 Å². The molecule has 3 nitrogen and oxygen atoms in total. The molecule has 0 bridgehead atoms. The first-order valence-corrected chi connectivity index (χ1v) is 5.75. The third-order valence-electron chi connectivity index (χ3n) is 2.57. The van der Waals surface area contributed by atoms with E-state index in [-0.39, 0.29) is 5.91 Å². The third-order valence-corrected chi connectivity index (χ3v) is 2.57. The van der Waals surface area contributed by atoms with E-state index in [0.29, 0.717) is 5.56 Å². The van der Waals surface area contributed by atoms with Gasteiger partial charge in [-0.25, -0.2) is 0 Å². The molecule has 1 rings (SSSR count). The molecule has 1 amide bonds. The van der Waals surface area contributed by atoms with Crippen molar-refractivity contribution in [2.45, 2.75) is 26.7 Å². The van der Waals surface area contributed by atoms with E-state index in [4.69, 9.17) is 0 Å². The zero-order valence-corrected chi connectivity index (χ0v) is 10.3. The lowest BCUT2D eigenvalue weighted by Gasteiger charge is -2.10. The van der Waals surface area contributed by atoms with Crippen LogP contribution in [0.4, 0.5) is 5.69 Å². The van der Waals surface area contributed by atoms with Gasteiger partial charge in [0.25, 0.3) is 5.91 Å². The van der Waals surface area contributed by atoms with E-state index < -0.39 is 0 Å². The van der Waals surface area contributed by atoms with E-state index in [1.807, 2.05) is 25.1 Å². The van der Waals surface area contributed by atoms with E-state index in [2.05, 4.69) is 17.6 Å². The van der Waals surface area contributed by atoms with Gasteiger partial charge < -0.3 is 10.6 Å². The Balaban J connectivity index is 2.78. The van der Waals surface area contributed by atoms with Crippen LogP contribution in [0.1, 0.15) is 35.7 Å². The second-order valence-electron chi connectivity index (χ2n) is 3.89. The maximum atomic E-state index is 11.5. The Morgan fingerprint density at radius 2 is 2.12 bits per heavy atom. The lowest BCUT2D eigenvalue weighted by molar-refractivity contribution is 0.0963. The molecule has 1 aromatic rings. The van der Waals surface area contributed by atoms with Gasteiger partial charge in [0.05, 0.1) is 0 Å². The zero-order valence-electron chi connectivity index (χ0n) is 10.3. The number of aryl methyl sites for hydroxylation is 1. The number of anilines is 1. The number of hydrogen-bond donors (Lipinski definition) is 2. The Bertz CT molecular complexity index is 361. The minimum atomic E-state index is -0.0430. The molecule has 0 radical (unpaired) electrons. The number of hydrogen-bond acceptors (Lipinski definition) is 2. The molecule has 0 unspecified atom stereocenters. The van der Waals surface area contributed by atoms with E-state index in [1.165, 1.54) is 12.0 Å². The van der Waals surface area contributed by atoms with Crippen LogP contribution in [0.25, 0.3) is 0 Å². The summed E-state index contributed by atoms with van der Waals surface area (Å²) < 4.78 is 0. The molecular weight excluding hydrogens is 200 g/mol. The summed E-state index contributed by atoms with van der Waals surface area (Å²) >= 11 is 0. The van der Waals surface area contributed by atoms with Crippen LogP contribution < -0.4 is 10.6 Å². The quantitative estimate of drug-likeness (QED) is 0.749. The Morgan fingerprint density at radius 3 is 2.75 bits per heavy atom. The Hall–Kier alpha value is -1.51. The highest BCUT2D eigenvalue weighted by Gasteiger charge is 2.05. The molecule has 0 aliphatic carbocycles. The second-order valence-corrected chi connectivity index (χ2v) is 3.89. The largest absolute Gasteiger partial charge is 0.385 e. The van der Waals surface area contributed by atoms with Gasteiger partial charge in [0.1, 0.15) is 0 Å². The summed E-state index contributed by atoms with van der Waals surface area (Å²) in [5, 5.41) is 5.98. The first kappa shape index (κ1) is 12.6. The molecule has 0 spiro atoms. The lowest BCUT2D eigenvalue weighted by atomic mass is 10.1. The van der Waals surface area contributed by atoms with Gasteiger partial charge >= 0.3 is 0 Å². The van der Waals surface area contributed by atoms with Gasteiger partial charge in [-0.3, -0.25) is 4.79 Å². The number of amides is 1. The minimum Gasteiger partial charge on any atom is -0.385 e. The molecule has 3 heteroatoms. The van der Waals surface area contributed by atoms with Crippen molar-refractivity contribution < 1.29 is 4.79 Å². The van der Waals surface area contributed by atoms with Crippen LogP contribution in [0.15, 0.2) is 18.2 Å². The molecule has 0 saturated heterocycles. The van der Waals surface area contributed by atoms with Gasteiger partial charge in [-0.05, 0) is 31.0 Å². The highest BCUT2D eigenvalue weighted by atomic mass is 16.1. The standard InChI is InChI=1S/C13H20N2O/c1-4-5-8-15-12-9-11(13(16)14-3)7-6-10(12)2/h6-7,9,15H,4-5,8H2,1-3H3,(H,14,16). The minimum absolute atomic E-state index is 0.0430. The number of nitrogens with one attached hydrogen (secondary N) is 2. The van der Waals surface area contributed by atoms with E-state index in [1.54, 1.807) is 7.05 Å². The van der Waals surface area contributed by atoms with Gasteiger partial charge in [0.2, 0.25) is 0 Å². The van der Waals surface area contributed by atoms with Crippen LogP contribution >= 0.6 is 0 Å². The van der Waals surface area contributed by atoms with Gasteiger partial charge in [0, 0.05) is 24.8 Å². The molecule has 0 aliphatic heterocycles. The van der Waals surface area contributed by atoms with Crippen LogP contribution in [-0.2, 0) is 0 Å². The number of rotatable bonds is 5. The summed E-state index contributed by atoms with van der Waals surface area (Å²) in [6, 6.07) is 5.72. The van der Waals surface area contributed by atoms with E-state index in [9.17, 15) is 4.79 Å². The number of carbonyl (C=O) groups is 1. The van der Waals surface area contributed by atoms with Crippen molar-refractivity contribution >= 4 is 11.6 Å². The fourth-order valence-electron chi connectivity index (χ4n) is 1.50. The first-order chi connectivity index (χ1) is 7.69. The van der Waals surface area contributed by atoms with Crippen molar-refractivity contribution in [3.05, 3.63) is 29.3 Å². The van der Waals surface area contributed by atoms with Gasteiger partial charge in [-0.1, -0.05) is 19.4 Å². The molecule has 0 fully saturated rings. The molecule has 16 heavy (non-hydrogen) atoms. The molecule has 88 valence electrons. The van der Waals surface area contributed by atoms with Crippen molar-refractivity contribution in [1.82, 2.24) is 5.32 Å². The van der Waals surface area contributed by atoms with Crippen molar-refractivity contribution in [2.24, 2.45) is 0 Å². The number of benzene rings is 1. The van der Waals surface area contributed by atoms with Crippen LogP contribution in [0.3, 0.4) is 0 Å². The highest BCUT2D eigenvalue weighted by Crippen LogP contribution is 2.16. The predicted molar refractivity (Wildman–Crippen MR) is 68.0 cm³/mol. The summed E-state index contributed by atoms with van der Waals surface area (Å²) in [4.78, 5) is 11.5. The maximum absolute atomic E-state index is 11.5. The van der Waals surface area contributed by atoms with Gasteiger partial charge in [-0.15, -0.1) is 0 Å². The molecule has 0 aliphatic rings. The van der Waals surface area contributed by atoms with E-state index >= 15 is 0 Å². The summed E-state index contributed by atoms with van der Waals surface area (Å²) in [5.41, 5.74) is 2.92. The Kier molecular flexibility index (Phi) is 4.83. The summed E-state index contributed by atoms with van der Waals surface area (Å²) in [6.45, 7) is 5.16. The van der Waals surface area contributed by atoms with Crippen molar-refractivity contribution in [1.29, 1.82) is 0 Å². The predicted octanol–water partition coefficient (Wildman–Crippen LogP) is 2.57. The molecule has 0 saturated carbocycles. The van der Waals surface area contributed by atoms with Crippen molar-refractivity contribution in [3.8, 4) is 0 Å². The summed E-state index contributed by atoms with van der Waals surface area (Å²) in [5.74, 6) is -0.0430. The highest BCUT2D eigenvalue weighted by molar-refractivity contribution is 5.95. The van der Waals surface area contributed by atoms with Crippen LogP contribution in [0.2, 0.25) is 0 Å². The van der Waals surface area contributed by atoms with Crippen LogP contribution in [0, 0.1) is 6.92 Å². The average molecular weight is 220 g/mol. The fourth-order valence-corrected chi connectivity index (χ4v) is 1.50. The maximum Gasteiger partial charge on any atom is 0.251 e.